The van der Waals surface area contributed by atoms with Crippen molar-refractivity contribution >= 4 is 17.5 Å². The highest BCUT2D eigenvalue weighted by Crippen LogP contribution is 2.25. The van der Waals surface area contributed by atoms with E-state index in [1.54, 1.807) is 60.7 Å². The van der Waals surface area contributed by atoms with Gasteiger partial charge in [-0.3, -0.25) is 19.0 Å². The van der Waals surface area contributed by atoms with Crippen molar-refractivity contribution in [2.24, 2.45) is 5.92 Å². The van der Waals surface area contributed by atoms with Gasteiger partial charge in [-0.2, -0.15) is 8.78 Å². The molecule has 0 bridgehead atoms. The molecule has 2 unspecified atom stereocenters. The van der Waals surface area contributed by atoms with Crippen LogP contribution in [0.25, 0.3) is 11.3 Å². The number of anilines is 1. The van der Waals surface area contributed by atoms with E-state index in [2.05, 4.69) is 10.6 Å². The molecule has 0 saturated heterocycles. The topological polar surface area (TPSA) is 136 Å². The quantitative estimate of drug-likeness (QED) is 0.271. The standard InChI is InChI=1S/C29H34F2N4O5/c1-18(2)25(26(37)29(30,31)28(39)33-16-15-19-9-11-21(40-3)12-10-19)34-24(36)17-35-23(14-13-22(32)27(35)38)20-7-5-4-6-8-20/h4-14,18,25-26,37H,15-17,32H2,1-3H3,(H,33,39)(H,34,36). The van der Waals surface area contributed by atoms with E-state index in [0.717, 1.165) is 10.1 Å². The zero-order chi connectivity index (χ0) is 29.4. The number of hydrogen-bond acceptors (Lipinski definition) is 6. The molecule has 2 atom stereocenters. The Bertz CT molecular complexity index is 1360. The van der Waals surface area contributed by atoms with Crippen LogP contribution in [0.4, 0.5) is 14.5 Å². The third-order valence-corrected chi connectivity index (χ3v) is 6.49. The monoisotopic (exact) mass is 556 g/mol. The van der Waals surface area contributed by atoms with Crippen molar-refractivity contribution in [3.05, 3.63) is 82.6 Å². The first kappa shape index (κ1) is 30.3. The number of nitrogens with two attached hydrogens (primary N) is 1. The molecule has 11 heteroatoms. The summed E-state index contributed by atoms with van der Waals surface area (Å²) in [6.45, 7) is 2.41. The van der Waals surface area contributed by atoms with Crippen LogP contribution in [-0.4, -0.2) is 53.2 Å². The van der Waals surface area contributed by atoms with E-state index in [-0.39, 0.29) is 18.7 Å². The molecule has 0 aliphatic carbocycles. The Morgan fingerprint density at radius 3 is 2.30 bits per heavy atom. The van der Waals surface area contributed by atoms with Crippen molar-refractivity contribution in [3.63, 3.8) is 0 Å². The molecule has 0 fully saturated rings. The lowest BCUT2D eigenvalue weighted by Crippen LogP contribution is -2.59. The van der Waals surface area contributed by atoms with Crippen LogP contribution < -0.4 is 26.7 Å². The smallest absolute Gasteiger partial charge is 0.351 e. The number of aromatic nitrogens is 1. The predicted octanol–water partition coefficient (Wildman–Crippen LogP) is 2.60. The fourth-order valence-corrected chi connectivity index (χ4v) is 4.19. The molecule has 0 aliphatic rings. The van der Waals surface area contributed by atoms with Gasteiger partial charge in [-0.25, -0.2) is 0 Å². The second kappa shape index (κ2) is 13.2. The number of halogens is 2. The summed E-state index contributed by atoms with van der Waals surface area (Å²) >= 11 is 0. The average Bonchev–Trinajstić information content (AvgIpc) is 2.94. The summed E-state index contributed by atoms with van der Waals surface area (Å²) in [5, 5.41) is 15.1. The Kier molecular flexibility index (Phi) is 10.0. The van der Waals surface area contributed by atoms with Crippen LogP contribution in [0.3, 0.4) is 0 Å². The maximum Gasteiger partial charge on any atom is 0.351 e. The predicted molar refractivity (Wildman–Crippen MR) is 148 cm³/mol. The summed E-state index contributed by atoms with van der Waals surface area (Å²) in [5.41, 5.74) is 6.89. The number of methoxy groups -OCH3 is 1. The molecule has 214 valence electrons. The number of rotatable bonds is 12. The number of aliphatic hydroxyl groups excluding tert-OH is 1. The molecule has 3 aromatic rings. The number of ether oxygens (including phenoxy) is 1. The molecule has 0 radical (unpaired) electrons. The summed E-state index contributed by atoms with van der Waals surface area (Å²) in [6.07, 6.45) is -2.24. The number of hydrogen-bond donors (Lipinski definition) is 4. The maximum atomic E-state index is 15.0. The molecule has 3 rings (SSSR count). The van der Waals surface area contributed by atoms with Crippen molar-refractivity contribution in [2.75, 3.05) is 19.4 Å². The first-order chi connectivity index (χ1) is 18.9. The molecule has 0 aliphatic heterocycles. The van der Waals surface area contributed by atoms with E-state index in [0.29, 0.717) is 17.0 Å². The van der Waals surface area contributed by atoms with Gasteiger partial charge in [-0.05, 0) is 47.7 Å². The van der Waals surface area contributed by atoms with Gasteiger partial charge in [0.2, 0.25) is 5.91 Å². The number of aliphatic hydroxyl groups is 1. The van der Waals surface area contributed by atoms with E-state index in [4.69, 9.17) is 10.5 Å². The first-order valence-electron chi connectivity index (χ1n) is 12.8. The van der Waals surface area contributed by atoms with Gasteiger partial charge in [0.15, 0.2) is 0 Å². The highest BCUT2D eigenvalue weighted by Gasteiger charge is 2.51. The fourth-order valence-electron chi connectivity index (χ4n) is 4.19. The van der Waals surface area contributed by atoms with Crippen molar-refractivity contribution in [1.82, 2.24) is 15.2 Å². The third kappa shape index (κ3) is 7.23. The number of alkyl halides is 2. The van der Waals surface area contributed by atoms with Crippen molar-refractivity contribution < 1.29 is 28.2 Å². The molecule has 5 N–H and O–H groups in total. The zero-order valence-electron chi connectivity index (χ0n) is 22.6. The molecule has 2 aromatic carbocycles. The van der Waals surface area contributed by atoms with Crippen LogP contribution in [-0.2, 0) is 22.6 Å². The van der Waals surface area contributed by atoms with Gasteiger partial charge in [0.1, 0.15) is 18.4 Å². The van der Waals surface area contributed by atoms with Gasteiger partial charge >= 0.3 is 5.92 Å². The first-order valence-corrected chi connectivity index (χ1v) is 12.8. The van der Waals surface area contributed by atoms with Gasteiger partial charge in [0.25, 0.3) is 11.5 Å². The molecule has 2 amide bonds. The van der Waals surface area contributed by atoms with Crippen LogP contribution in [0.2, 0.25) is 0 Å². The van der Waals surface area contributed by atoms with Crippen molar-refractivity contribution in [2.45, 2.75) is 44.9 Å². The van der Waals surface area contributed by atoms with Gasteiger partial charge < -0.3 is 26.2 Å². The van der Waals surface area contributed by atoms with E-state index >= 15 is 8.78 Å². The number of carbonyl (C=O) groups excluding carboxylic acids is 2. The fraction of sp³-hybridized carbons (Fsp3) is 0.345. The summed E-state index contributed by atoms with van der Waals surface area (Å²) in [5.74, 6) is -6.71. The van der Waals surface area contributed by atoms with Crippen molar-refractivity contribution in [1.29, 1.82) is 0 Å². The molecule has 0 saturated carbocycles. The minimum absolute atomic E-state index is 0.0905. The number of carbonyl (C=O) groups is 2. The summed E-state index contributed by atoms with van der Waals surface area (Å²) in [7, 11) is 1.52. The molecule has 1 aromatic heterocycles. The van der Waals surface area contributed by atoms with Gasteiger partial charge in [-0.15, -0.1) is 0 Å². The molecular formula is C29H34F2N4O5. The largest absolute Gasteiger partial charge is 0.497 e. The normalized spacial score (nSPS) is 13.0. The number of pyridine rings is 1. The van der Waals surface area contributed by atoms with Gasteiger partial charge in [0, 0.05) is 6.54 Å². The lowest BCUT2D eigenvalue weighted by molar-refractivity contribution is -0.169. The molecule has 1 heterocycles. The molecular weight excluding hydrogens is 522 g/mol. The molecule has 40 heavy (non-hydrogen) atoms. The van der Waals surface area contributed by atoms with E-state index < -0.39 is 47.9 Å². The Morgan fingerprint density at radius 2 is 1.70 bits per heavy atom. The summed E-state index contributed by atoms with van der Waals surface area (Å²) < 4.78 is 36.3. The third-order valence-electron chi connectivity index (χ3n) is 6.49. The van der Waals surface area contributed by atoms with E-state index in [9.17, 15) is 19.5 Å². The van der Waals surface area contributed by atoms with Crippen LogP contribution >= 0.6 is 0 Å². The average molecular weight is 557 g/mol. The Balaban J connectivity index is 1.70. The summed E-state index contributed by atoms with van der Waals surface area (Å²) in [4.78, 5) is 38.1. The van der Waals surface area contributed by atoms with Crippen LogP contribution in [0.5, 0.6) is 5.75 Å². The zero-order valence-corrected chi connectivity index (χ0v) is 22.6. The molecule has 0 spiro atoms. The SMILES string of the molecule is COc1ccc(CCNC(=O)C(F)(F)C(O)C(NC(=O)Cn2c(-c3ccccc3)ccc(N)c2=O)C(C)C)cc1. The van der Waals surface area contributed by atoms with E-state index in [1.807, 2.05) is 0 Å². The molecule has 9 nitrogen and oxygen atoms in total. The summed E-state index contributed by atoms with van der Waals surface area (Å²) in [6, 6.07) is 17.2. The van der Waals surface area contributed by atoms with Gasteiger partial charge in [0.05, 0.1) is 24.5 Å². The van der Waals surface area contributed by atoms with Crippen molar-refractivity contribution in [3.8, 4) is 17.0 Å². The maximum absolute atomic E-state index is 15.0. The Morgan fingerprint density at radius 1 is 1.05 bits per heavy atom. The number of nitrogens with one attached hydrogen (secondary N) is 2. The minimum Gasteiger partial charge on any atom is -0.497 e. The highest BCUT2D eigenvalue weighted by atomic mass is 19.3. The lowest BCUT2D eigenvalue weighted by atomic mass is 9.93. The number of amides is 2. The van der Waals surface area contributed by atoms with E-state index in [1.165, 1.54) is 27.0 Å². The Labute approximate surface area is 231 Å². The Hall–Kier alpha value is -4.25. The van der Waals surface area contributed by atoms with Crippen LogP contribution in [0.15, 0.2) is 71.5 Å². The number of nitrogen functional groups attached to an aromatic ring is 1. The second-order valence-electron chi connectivity index (χ2n) is 9.69. The van der Waals surface area contributed by atoms with Crippen LogP contribution in [0, 0.1) is 5.92 Å². The second-order valence-corrected chi connectivity index (χ2v) is 9.69. The highest BCUT2D eigenvalue weighted by molar-refractivity contribution is 5.84. The number of benzene rings is 2. The number of nitrogens with zero attached hydrogens (tertiary/aromatic N) is 1. The minimum atomic E-state index is -4.20. The lowest BCUT2D eigenvalue weighted by Gasteiger charge is -2.32. The van der Waals surface area contributed by atoms with Gasteiger partial charge in [-0.1, -0.05) is 56.3 Å². The van der Waals surface area contributed by atoms with Crippen LogP contribution in [0.1, 0.15) is 19.4 Å².